The molecule has 0 heterocycles. The van der Waals surface area contributed by atoms with E-state index in [1.54, 1.807) is 0 Å². The third kappa shape index (κ3) is 20.6. The number of hydrogen-bond donors (Lipinski definition) is 0. The molecule has 0 fully saturated rings. The van der Waals surface area contributed by atoms with Gasteiger partial charge in [0.05, 0.1) is 26.4 Å². The highest BCUT2D eigenvalue weighted by molar-refractivity contribution is 5.92. The molecule has 0 aliphatic carbocycles. The molecule has 8 heteroatoms. The van der Waals surface area contributed by atoms with Crippen molar-refractivity contribution in [2.45, 2.75) is 66.2 Å². The molecule has 0 bridgehead atoms. The van der Waals surface area contributed by atoms with E-state index in [-0.39, 0.29) is 13.2 Å². The average molecular weight is 455 g/mol. The number of hydrogen-bond acceptors (Lipinski definition) is 8. The van der Waals surface area contributed by atoms with Gasteiger partial charge in [0.1, 0.15) is 0 Å². The van der Waals surface area contributed by atoms with Gasteiger partial charge in [-0.05, 0) is 50.4 Å². The van der Waals surface area contributed by atoms with Crippen molar-refractivity contribution in [2.75, 3.05) is 26.4 Å². The number of esters is 4. The van der Waals surface area contributed by atoms with E-state index in [1.807, 2.05) is 0 Å². The second-order valence-corrected chi connectivity index (χ2v) is 8.12. The van der Waals surface area contributed by atoms with Crippen LogP contribution in [0.5, 0.6) is 0 Å². The quantitative estimate of drug-likeness (QED) is 0.141. The zero-order valence-corrected chi connectivity index (χ0v) is 19.8. The lowest BCUT2D eigenvalue weighted by atomic mass is 10.1. The molecule has 0 amide bonds. The van der Waals surface area contributed by atoms with E-state index in [0.29, 0.717) is 37.9 Å². The highest BCUT2D eigenvalue weighted by Crippen LogP contribution is 2.04. The fourth-order valence-corrected chi connectivity index (χ4v) is 2.34. The Morgan fingerprint density at radius 2 is 0.750 bits per heavy atom. The first-order valence-electron chi connectivity index (χ1n) is 11.2. The Hall–Kier alpha value is -2.64. The molecule has 0 radical (unpaired) electrons. The Balaban J connectivity index is 3.74. The van der Waals surface area contributed by atoms with E-state index >= 15 is 0 Å². The van der Waals surface area contributed by atoms with E-state index in [4.69, 9.17) is 18.9 Å². The molecular weight excluding hydrogens is 416 g/mol. The molecule has 0 rings (SSSR count). The van der Waals surface area contributed by atoms with Crippen LogP contribution in [-0.2, 0) is 38.1 Å². The molecule has 0 aromatic heterocycles. The molecule has 32 heavy (non-hydrogen) atoms. The molecule has 0 aliphatic rings. The summed E-state index contributed by atoms with van der Waals surface area (Å²) in [4.78, 5) is 46.0. The van der Waals surface area contributed by atoms with Crippen LogP contribution in [0.15, 0.2) is 24.3 Å². The fourth-order valence-electron chi connectivity index (χ4n) is 2.34. The maximum absolute atomic E-state index is 11.5. The summed E-state index contributed by atoms with van der Waals surface area (Å²) in [5.74, 6) is -1.35. The predicted molar refractivity (Wildman–Crippen MR) is 119 cm³/mol. The van der Waals surface area contributed by atoms with E-state index in [1.165, 1.54) is 0 Å². The lowest BCUT2D eigenvalue weighted by Crippen LogP contribution is -2.08. The van der Waals surface area contributed by atoms with Gasteiger partial charge in [-0.25, -0.2) is 19.2 Å². The minimum absolute atomic E-state index is 0.128. The smallest absolute Gasteiger partial charge is 0.331 e. The zero-order chi connectivity index (χ0) is 24.2. The average Bonchev–Trinajstić information content (AvgIpc) is 2.73. The van der Waals surface area contributed by atoms with Gasteiger partial charge in [-0.2, -0.15) is 0 Å². The molecule has 0 aliphatic heterocycles. The van der Waals surface area contributed by atoms with Gasteiger partial charge in [0.25, 0.3) is 0 Å². The number of ether oxygens (including phenoxy) is 4. The zero-order valence-electron chi connectivity index (χ0n) is 19.8. The van der Waals surface area contributed by atoms with Crippen LogP contribution in [0, 0.1) is 11.8 Å². The molecule has 182 valence electrons. The maximum atomic E-state index is 11.5. The Labute approximate surface area is 191 Å². The topological polar surface area (TPSA) is 105 Å². The molecule has 0 N–H and O–H groups in total. The van der Waals surface area contributed by atoms with E-state index < -0.39 is 23.9 Å². The van der Waals surface area contributed by atoms with Gasteiger partial charge in [0.2, 0.25) is 0 Å². The number of carbonyl (C=O) groups excluding carboxylic acids is 4. The van der Waals surface area contributed by atoms with Crippen molar-refractivity contribution < 1.29 is 38.1 Å². The van der Waals surface area contributed by atoms with Gasteiger partial charge in [-0.1, -0.05) is 27.7 Å². The van der Waals surface area contributed by atoms with Gasteiger partial charge in [-0.3, -0.25) is 0 Å². The van der Waals surface area contributed by atoms with Crippen molar-refractivity contribution in [2.24, 2.45) is 11.8 Å². The number of unbranched alkanes of at least 4 members (excludes halogenated alkanes) is 1. The summed E-state index contributed by atoms with van der Waals surface area (Å²) in [6.07, 6.45) is 8.60. The first kappa shape index (κ1) is 29.4. The molecular formula is C24H38O8. The lowest BCUT2D eigenvalue weighted by molar-refractivity contribution is -0.141. The van der Waals surface area contributed by atoms with Crippen LogP contribution in [-0.4, -0.2) is 50.3 Å². The summed E-state index contributed by atoms with van der Waals surface area (Å²) in [7, 11) is 0. The molecule has 0 aromatic carbocycles. The van der Waals surface area contributed by atoms with Crippen LogP contribution in [0.2, 0.25) is 0 Å². The van der Waals surface area contributed by atoms with Crippen LogP contribution in [0.4, 0.5) is 0 Å². The summed E-state index contributed by atoms with van der Waals surface area (Å²) in [6.45, 7) is 9.27. The second-order valence-electron chi connectivity index (χ2n) is 8.12. The highest BCUT2D eigenvalue weighted by atomic mass is 16.5. The third-order valence-corrected chi connectivity index (χ3v) is 4.08. The number of carbonyl (C=O) groups is 4. The molecule has 0 atom stereocenters. The Morgan fingerprint density at radius 3 is 1.00 bits per heavy atom. The standard InChI is InChI=1S/C24H38O8/c1-19(2)9-7-17-31-23(27)13-11-21(25)29-15-5-6-16-30-22(26)12-14-24(28)32-18-8-10-20(3)4/h11-14,19-20H,5-10,15-18H2,1-4H3. The largest absolute Gasteiger partial charge is 0.463 e. The van der Waals surface area contributed by atoms with Crippen molar-refractivity contribution in [1.29, 1.82) is 0 Å². The van der Waals surface area contributed by atoms with Crippen molar-refractivity contribution in [3.8, 4) is 0 Å². The van der Waals surface area contributed by atoms with Gasteiger partial charge in [0, 0.05) is 24.3 Å². The summed E-state index contributed by atoms with van der Waals surface area (Å²) < 4.78 is 19.8. The van der Waals surface area contributed by atoms with Crippen LogP contribution in [0.1, 0.15) is 66.2 Å². The number of rotatable bonds is 17. The summed E-state index contributed by atoms with van der Waals surface area (Å²) in [6, 6.07) is 0. The van der Waals surface area contributed by atoms with Gasteiger partial charge in [-0.15, -0.1) is 0 Å². The molecule has 0 spiro atoms. The predicted octanol–water partition coefficient (Wildman–Crippen LogP) is 3.92. The van der Waals surface area contributed by atoms with Crippen molar-refractivity contribution in [1.82, 2.24) is 0 Å². The first-order valence-corrected chi connectivity index (χ1v) is 11.2. The van der Waals surface area contributed by atoms with Gasteiger partial charge in [0.15, 0.2) is 0 Å². The summed E-state index contributed by atoms with van der Waals surface area (Å²) >= 11 is 0. The van der Waals surface area contributed by atoms with E-state index in [9.17, 15) is 19.2 Å². The maximum Gasteiger partial charge on any atom is 0.331 e. The van der Waals surface area contributed by atoms with Crippen molar-refractivity contribution in [3.63, 3.8) is 0 Å². The van der Waals surface area contributed by atoms with Crippen molar-refractivity contribution in [3.05, 3.63) is 24.3 Å². The van der Waals surface area contributed by atoms with E-state index in [2.05, 4.69) is 27.7 Å². The fraction of sp³-hybridized carbons (Fsp3) is 0.667. The van der Waals surface area contributed by atoms with Gasteiger partial charge >= 0.3 is 23.9 Å². The third-order valence-electron chi connectivity index (χ3n) is 4.08. The first-order chi connectivity index (χ1) is 15.2. The molecule has 0 saturated heterocycles. The minimum Gasteiger partial charge on any atom is -0.463 e. The van der Waals surface area contributed by atoms with Gasteiger partial charge < -0.3 is 18.9 Å². The van der Waals surface area contributed by atoms with Crippen LogP contribution in [0.3, 0.4) is 0 Å². The van der Waals surface area contributed by atoms with Crippen molar-refractivity contribution >= 4 is 23.9 Å². The summed E-state index contributed by atoms with van der Waals surface area (Å²) in [5, 5.41) is 0. The lowest BCUT2D eigenvalue weighted by Gasteiger charge is -2.05. The van der Waals surface area contributed by atoms with Crippen LogP contribution >= 0.6 is 0 Å². The molecule has 0 saturated carbocycles. The van der Waals surface area contributed by atoms with E-state index in [0.717, 1.165) is 50.0 Å². The van der Waals surface area contributed by atoms with Crippen LogP contribution < -0.4 is 0 Å². The SMILES string of the molecule is CC(C)CCCOC(=O)C=CC(=O)OCCCCOC(=O)C=CC(=O)OCCCC(C)C. The molecule has 0 aromatic rings. The minimum atomic E-state index is -0.643. The summed E-state index contributed by atoms with van der Waals surface area (Å²) in [5.41, 5.74) is 0. The molecule has 0 unspecified atom stereocenters. The Bertz CT molecular complexity index is 565. The highest BCUT2D eigenvalue weighted by Gasteiger charge is 2.04. The Kier molecular flexibility index (Phi) is 17.5. The van der Waals surface area contributed by atoms with Crippen LogP contribution in [0.25, 0.3) is 0 Å². The molecule has 8 nitrogen and oxygen atoms in total. The monoisotopic (exact) mass is 454 g/mol. The second kappa shape index (κ2) is 19.1. The normalized spacial score (nSPS) is 11.3. The Morgan fingerprint density at radius 1 is 0.500 bits per heavy atom.